The van der Waals surface area contributed by atoms with Crippen LogP contribution in [0.25, 0.3) is 0 Å². The quantitative estimate of drug-likeness (QED) is 0.724. The van der Waals surface area contributed by atoms with E-state index in [1.165, 1.54) is 32.1 Å². The van der Waals surface area contributed by atoms with Crippen LogP contribution in [-0.4, -0.2) is 23.0 Å². The Hall–Kier alpha value is -1.65. The largest absolute Gasteiger partial charge is 0.477 e. The van der Waals surface area contributed by atoms with Gasteiger partial charge in [0.05, 0.1) is 6.61 Å². The first-order valence-electron chi connectivity index (χ1n) is 6.38. The Kier molecular flexibility index (Phi) is 4.93. The number of aromatic nitrogens is 2. The molecule has 0 saturated heterocycles. The number of carbonyl (C=O) groups is 1. The molecule has 5 heteroatoms. The van der Waals surface area contributed by atoms with Crippen molar-refractivity contribution in [1.82, 2.24) is 9.97 Å². The molecule has 1 saturated carbocycles. The monoisotopic (exact) mass is 250 g/mol. The zero-order valence-corrected chi connectivity index (χ0v) is 10.4. The normalized spacial score (nSPS) is 16.2. The van der Waals surface area contributed by atoms with Crippen LogP contribution in [0.1, 0.15) is 37.9 Å². The Morgan fingerprint density at radius 2 is 2.17 bits per heavy atom. The third kappa shape index (κ3) is 3.98. The van der Waals surface area contributed by atoms with Crippen LogP contribution in [0.4, 0.5) is 0 Å². The van der Waals surface area contributed by atoms with Gasteiger partial charge in [0.15, 0.2) is 12.4 Å². The molecule has 5 nitrogen and oxygen atoms in total. The van der Waals surface area contributed by atoms with Crippen molar-refractivity contribution in [3.63, 3.8) is 0 Å². The maximum atomic E-state index is 10.1. The second-order valence-corrected chi connectivity index (χ2v) is 4.53. The third-order valence-corrected chi connectivity index (χ3v) is 3.15. The lowest BCUT2D eigenvalue weighted by atomic mass is 9.90. The minimum Gasteiger partial charge on any atom is -0.477 e. The van der Waals surface area contributed by atoms with Crippen molar-refractivity contribution < 1.29 is 14.3 Å². The van der Waals surface area contributed by atoms with E-state index >= 15 is 0 Å². The van der Waals surface area contributed by atoms with E-state index in [9.17, 15) is 4.79 Å². The van der Waals surface area contributed by atoms with E-state index in [0.29, 0.717) is 30.7 Å². The summed E-state index contributed by atoms with van der Waals surface area (Å²) in [5, 5.41) is 0. The Balaban J connectivity index is 1.82. The molecule has 2 rings (SSSR count). The highest BCUT2D eigenvalue weighted by atomic mass is 16.5. The van der Waals surface area contributed by atoms with Crippen molar-refractivity contribution in [2.45, 2.75) is 38.7 Å². The van der Waals surface area contributed by atoms with Gasteiger partial charge in [0.2, 0.25) is 5.88 Å². The molecule has 0 unspecified atom stereocenters. The van der Waals surface area contributed by atoms with Crippen LogP contribution in [0, 0.1) is 5.92 Å². The molecule has 0 radical (unpaired) electrons. The van der Waals surface area contributed by atoms with Crippen molar-refractivity contribution in [2.75, 3.05) is 6.61 Å². The summed E-state index contributed by atoms with van der Waals surface area (Å²) in [6, 6.07) is 1.73. The lowest BCUT2D eigenvalue weighted by Gasteiger charge is -2.21. The predicted molar refractivity (Wildman–Crippen MR) is 65.0 cm³/mol. The number of hydrogen-bond acceptors (Lipinski definition) is 5. The zero-order chi connectivity index (χ0) is 12.6. The zero-order valence-electron chi connectivity index (χ0n) is 10.4. The molecule has 0 spiro atoms. The van der Waals surface area contributed by atoms with Crippen LogP contribution in [0.15, 0.2) is 12.3 Å². The van der Waals surface area contributed by atoms with E-state index in [4.69, 9.17) is 4.74 Å². The van der Waals surface area contributed by atoms with Gasteiger partial charge in [0, 0.05) is 12.3 Å². The predicted octanol–water partition coefficient (Wildman–Crippen LogP) is 2.11. The van der Waals surface area contributed by atoms with Crippen LogP contribution >= 0.6 is 0 Å². The molecule has 1 aromatic heterocycles. The van der Waals surface area contributed by atoms with Gasteiger partial charge in [0.25, 0.3) is 6.47 Å². The highest BCUT2D eigenvalue weighted by molar-refractivity contribution is 5.36. The molecule has 1 aliphatic carbocycles. The van der Waals surface area contributed by atoms with Gasteiger partial charge in [-0.2, -0.15) is 4.98 Å². The first-order valence-corrected chi connectivity index (χ1v) is 6.38. The van der Waals surface area contributed by atoms with Crippen molar-refractivity contribution in [1.29, 1.82) is 0 Å². The lowest BCUT2D eigenvalue weighted by Crippen LogP contribution is -2.16. The standard InChI is InChI=1S/C13H18N2O3/c16-10-17-9-12-14-7-6-13(15-12)18-8-11-4-2-1-3-5-11/h6-7,10-11H,1-5,8-9H2. The Morgan fingerprint density at radius 1 is 1.33 bits per heavy atom. The highest BCUT2D eigenvalue weighted by Crippen LogP contribution is 2.24. The van der Waals surface area contributed by atoms with Gasteiger partial charge in [0.1, 0.15) is 0 Å². The van der Waals surface area contributed by atoms with Gasteiger partial charge in [-0.3, -0.25) is 4.79 Å². The smallest absolute Gasteiger partial charge is 0.293 e. The molecule has 18 heavy (non-hydrogen) atoms. The van der Waals surface area contributed by atoms with Crippen molar-refractivity contribution >= 4 is 6.47 Å². The molecular weight excluding hydrogens is 232 g/mol. The fraction of sp³-hybridized carbons (Fsp3) is 0.615. The SMILES string of the molecule is O=COCc1nccc(OCC2CCCCC2)n1. The van der Waals surface area contributed by atoms with E-state index in [1.54, 1.807) is 12.3 Å². The van der Waals surface area contributed by atoms with Crippen molar-refractivity contribution in [2.24, 2.45) is 5.92 Å². The van der Waals surface area contributed by atoms with Gasteiger partial charge in [-0.15, -0.1) is 0 Å². The lowest BCUT2D eigenvalue weighted by molar-refractivity contribution is -0.130. The summed E-state index contributed by atoms with van der Waals surface area (Å²) in [6.45, 7) is 1.19. The molecular formula is C13H18N2O3. The van der Waals surface area contributed by atoms with Gasteiger partial charge < -0.3 is 9.47 Å². The first kappa shape index (κ1) is 12.8. The third-order valence-electron chi connectivity index (χ3n) is 3.15. The fourth-order valence-electron chi connectivity index (χ4n) is 2.20. The second kappa shape index (κ2) is 6.93. The summed E-state index contributed by atoms with van der Waals surface area (Å²) >= 11 is 0. The van der Waals surface area contributed by atoms with Gasteiger partial charge in [-0.1, -0.05) is 19.3 Å². The molecule has 0 aromatic carbocycles. The van der Waals surface area contributed by atoms with E-state index in [1.807, 2.05) is 0 Å². The summed E-state index contributed by atoms with van der Waals surface area (Å²) < 4.78 is 10.3. The number of hydrogen-bond donors (Lipinski definition) is 0. The number of carbonyl (C=O) groups excluding carboxylic acids is 1. The van der Waals surface area contributed by atoms with Gasteiger partial charge in [-0.25, -0.2) is 4.98 Å². The Morgan fingerprint density at radius 3 is 2.94 bits per heavy atom. The molecule has 0 atom stereocenters. The molecule has 0 N–H and O–H groups in total. The first-order chi connectivity index (χ1) is 8.88. The highest BCUT2D eigenvalue weighted by Gasteiger charge is 2.14. The maximum Gasteiger partial charge on any atom is 0.293 e. The molecule has 0 bridgehead atoms. The average molecular weight is 250 g/mol. The summed E-state index contributed by atoms with van der Waals surface area (Å²) in [5.74, 6) is 1.66. The molecule has 1 heterocycles. The van der Waals surface area contributed by atoms with Gasteiger partial charge >= 0.3 is 0 Å². The Bertz CT molecular complexity index is 378. The summed E-state index contributed by atoms with van der Waals surface area (Å²) in [5.41, 5.74) is 0. The van der Waals surface area contributed by atoms with Crippen LogP contribution in [0.5, 0.6) is 5.88 Å². The van der Waals surface area contributed by atoms with Crippen LogP contribution < -0.4 is 4.74 Å². The van der Waals surface area contributed by atoms with Crippen LogP contribution in [-0.2, 0) is 16.1 Å². The molecule has 0 amide bonds. The second-order valence-electron chi connectivity index (χ2n) is 4.53. The van der Waals surface area contributed by atoms with E-state index in [-0.39, 0.29) is 6.61 Å². The summed E-state index contributed by atoms with van der Waals surface area (Å²) in [4.78, 5) is 18.3. The number of nitrogens with zero attached hydrogens (tertiary/aromatic N) is 2. The van der Waals surface area contributed by atoms with Gasteiger partial charge in [-0.05, 0) is 18.8 Å². The number of ether oxygens (including phenoxy) is 2. The van der Waals surface area contributed by atoms with Crippen LogP contribution in [0.2, 0.25) is 0 Å². The Labute approximate surface area is 107 Å². The molecule has 0 aliphatic heterocycles. The van der Waals surface area contributed by atoms with E-state index in [0.717, 1.165) is 0 Å². The summed E-state index contributed by atoms with van der Waals surface area (Å²) in [6.07, 6.45) is 8.05. The maximum absolute atomic E-state index is 10.1. The molecule has 1 aromatic rings. The van der Waals surface area contributed by atoms with Crippen LogP contribution in [0.3, 0.4) is 0 Å². The van der Waals surface area contributed by atoms with E-state index < -0.39 is 0 Å². The average Bonchev–Trinajstić information content (AvgIpc) is 2.44. The van der Waals surface area contributed by atoms with E-state index in [2.05, 4.69) is 14.7 Å². The fourth-order valence-corrected chi connectivity index (χ4v) is 2.20. The topological polar surface area (TPSA) is 61.3 Å². The van der Waals surface area contributed by atoms with Crippen molar-refractivity contribution in [3.05, 3.63) is 18.1 Å². The minimum atomic E-state index is 0.0874. The van der Waals surface area contributed by atoms with Crippen molar-refractivity contribution in [3.8, 4) is 5.88 Å². The molecule has 1 aliphatic rings. The minimum absolute atomic E-state index is 0.0874. The summed E-state index contributed by atoms with van der Waals surface area (Å²) in [7, 11) is 0. The number of rotatable bonds is 6. The molecule has 1 fully saturated rings. The molecule has 98 valence electrons.